The average molecular weight is 170 g/mol. The van der Waals surface area contributed by atoms with Crippen LogP contribution in [0.5, 0.6) is 5.88 Å². The molecule has 0 amide bonds. The first-order valence-electron chi connectivity index (χ1n) is 3.83. The monoisotopic (exact) mass is 170 g/mol. The first-order chi connectivity index (χ1) is 5.72. The summed E-state index contributed by atoms with van der Waals surface area (Å²) in [5, 5.41) is 7.38. The molecule has 0 aliphatic heterocycles. The molecule has 66 valence electrons. The Balaban J connectivity index is 2.58. The second kappa shape index (κ2) is 3.99. The van der Waals surface area contributed by atoms with E-state index in [4.69, 9.17) is 4.74 Å². The lowest BCUT2D eigenvalue weighted by Crippen LogP contribution is -2.09. The van der Waals surface area contributed by atoms with E-state index >= 15 is 0 Å². The SMILES string of the molecule is CCC(F)Oc1ccc(C)nn1. The minimum Gasteiger partial charge on any atom is -0.442 e. The molecule has 0 radical (unpaired) electrons. The van der Waals surface area contributed by atoms with Crippen molar-refractivity contribution in [3.05, 3.63) is 17.8 Å². The van der Waals surface area contributed by atoms with Crippen molar-refractivity contribution in [1.82, 2.24) is 10.2 Å². The van der Waals surface area contributed by atoms with Crippen LogP contribution in [0.2, 0.25) is 0 Å². The van der Waals surface area contributed by atoms with E-state index in [1.807, 2.05) is 6.92 Å². The fourth-order valence-electron chi connectivity index (χ4n) is 0.664. The molecule has 12 heavy (non-hydrogen) atoms. The minimum absolute atomic E-state index is 0.231. The average Bonchev–Trinajstić information content (AvgIpc) is 2.09. The zero-order valence-corrected chi connectivity index (χ0v) is 7.12. The van der Waals surface area contributed by atoms with Gasteiger partial charge < -0.3 is 4.74 Å². The van der Waals surface area contributed by atoms with Crippen molar-refractivity contribution >= 4 is 0 Å². The lowest BCUT2D eigenvalue weighted by molar-refractivity contribution is 0.0584. The molecule has 0 N–H and O–H groups in total. The van der Waals surface area contributed by atoms with Gasteiger partial charge in [-0.2, -0.15) is 5.10 Å². The van der Waals surface area contributed by atoms with Gasteiger partial charge in [0.2, 0.25) is 12.2 Å². The molecule has 0 bridgehead atoms. The van der Waals surface area contributed by atoms with Crippen molar-refractivity contribution in [2.75, 3.05) is 0 Å². The number of aryl methyl sites for hydroxylation is 1. The molecule has 0 fully saturated rings. The molecule has 0 saturated heterocycles. The first-order valence-corrected chi connectivity index (χ1v) is 3.83. The van der Waals surface area contributed by atoms with E-state index in [1.54, 1.807) is 19.1 Å². The Morgan fingerprint density at radius 1 is 1.50 bits per heavy atom. The molecular weight excluding hydrogens is 159 g/mol. The summed E-state index contributed by atoms with van der Waals surface area (Å²) < 4.78 is 17.4. The molecule has 1 unspecified atom stereocenters. The number of nitrogens with zero attached hydrogens (tertiary/aromatic N) is 2. The lowest BCUT2D eigenvalue weighted by Gasteiger charge is -2.06. The predicted molar refractivity (Wildman–Crippen MR) is 42.6 cm³/mol. The van der Waals surface area contributed by atoms with Crippen LogP contribution in [-0.4, -0.2) is 16.6 Å². The molecule has 0 aromatic carbocycles. The van der Waals surface area contributed by atoms with Crippen molar-refractivity contribution in [1.29, 1.82) is 0 Å². The highest BCUT2D eigenvalue weighted by Gasteiger charge is 2.04. The summed E-state index contributed by atoms with van der Waals surface area (Å²) in [5.41, 5.74) is 0.786. The lowest BCUT2D eigenvalue weighted by atomic mass is 10.4. The number of hydrogen-bond donors (Lipinski definition) is 0. The highest BCUT2D eigenvalue weighted by molar-refractivity contribution is 5.10. The second-order valence-corrected chi connectivity index (χ2v) is 2.45. The van der Waals surface area contributed by atoms with Crippen LogP contribution in [0.4, 0.5) is 4.39 Å². The van der Waals surface area contributed by atoms with Gasteiger partial charge >= 0.3 is 0 Å². The normalized spacial score (nSPS) is 12.6. The van der Waals surface area contributed by atoms with Gasteiger partial charge in [0.15, 0.2) is 0 Å². The number of halogens is 1. The fraction of sp³-hybridized carbons (Fsp3) is 0.500. The van der Waals surface area contributed by atoms with Gasteiger partial charge in [-0.3, -0.25) is 0 Å². The quantitative estimate of drug-likeness (QED) is 0.694. The van der Waals surface area contributed by atoms with Crippen LogP contribution in [-0.2, 0) is 0 Å². The smallest absolute Gasteiger partial charge is 0.240 e. The van der Waals surface area contributed by atoms with Gasteiger partial charge in [0, 0.05) is 12.5 Å². The third-order valence-corrected chi connectivity index (χ3v) is 1.34. The van der Waals surface area contributed by atoms with Crippen molar-refractivity contribution < 1.29 is 9.13 Å². The molecule has 0 aliphatic rings. The number of ether oxygens (including phenoxy) is 1. The molecule has 1 aromatic heterocycles. The Bertz CT molecular complexity index is 237. The fourth-order valence-corrected chi connectivity index (χ4v) is 0.664. The minimum atomic E-state index is -1.29. The number of rotatable bonds is 3. The topological polar surface area (TPSA) is 35.0 Å². The largest absolute Gasteiger partial charge is 0.442 e. The summed E-state index contributed by atoms with van der Waals surface area (Å²) >= 11 is 0. The first kappa shape index (κ1) is 8.90. The van der Waals surface area contributed by atoms with Crippen LogP contribution >= 0.6 is 0 Å². The van der Waals surface area contributed by atoms with Crippen molar-refractivity contribution in [2.45, 2.75) is 26.6 Å². The molecule has 0 saturated carbocycles. The third-order valence-electron chi connectivity index (χ3n) is 1.34. The van der Waals surface area contributed by atoms with E-state index in [9.17, 15) is 4.39 Å². The maximum absolute atomic E-state index is 12.6. The molecule has 1 heterocycles. The second-order valence-electron chi connectivity index (χ2n) is 2.45. The zero-order chi connectivity index (χ0) is 8.97. The van der Waals surface area contributed by atoms with E-state index in [1.165, 1.54) is 0 Å². The van der Waals surface area contributed by atoms with Crippen LogP contribution < -0.4 is 4.74 Å². The zero-order valence-electron chi connectivity index (χ0n) is 7.12. The van der Waals surface area contributed by atoms with Gasteiger partial charge in [0.1, 0.15) is 0 Å². The van der Waals surface area contributed by atoms with E-state index < -0.39 is 6.36 Å². The van der Waals surface area contributed by atoms with E-state index in [0.29, 0.717) is 6.42 Å². The van der Waals surface area contributed by atoms with Gasteiger partial charge in [-0.1, -0.05) is 6.92 Å². The summed E-state index contributed by atoms with van der Waals surface area (Å²) in [5.74, 6) is 0.231. The summed E-state index contributed by atoms with van der Waals surface area (Å²) in [7, 11) is 0. The standard InChI is InChI=1S/C8H11FN2O/c1-3-7(9)12-8-5-4-6(2)10-11-8/h4-5,7H,3H2,1-2H3. The summed E-state index contributed by atoms with van der Waals surface area (Å²) in [4.78, 5) is 0. The van der Waals surface area contributed by atoms with Gasteiger partial charge in [-0.05, 0) is 13.0 Å². The Hall–Kier alpha value is -1.19. The number of hydrogen-bond acceptors (Lipinski definition) is 3. The van der Waals surface area contributed by atoms with Crippen LogP contribution in [0.1, 0.15) is 19.0 Å². The summed E-state index contributed by atoms with van der Waals surface area (Å²) in [6.07, 6.45) is -0.975. The van der Waals surface area contributed by atoms with E-state index in [2.05, 4.69) is 10.2 Å². The van der Waals surface area contributed by atoms with Gasteiger partial charge in [0.25, 0.3) is 0 Å². The molecule has 1 rings (SSSR count). The van der Waals surface area contributed by atoms with Gasteiger partial charge in [-0.25, -0.2) is 4.39 Å². The molecule has 0 aliphatic carbocycles. The Morgan fingerprint density at radius 2 is 2.25 bits per heavy atom. The van der Waals surface area contributed by atoms with E-state index in [-0.39, 0.29) is 5.88 Å². The Kier molecular flexibility index (Phi) is 2.96. The van der Waals surface area contributed by atoms with Gasteiger partial charge in [0.05, 0.1) is 5.69 Å². The molecular formula is C8H11FN2O. The third kappa shape index (κ3) is 2.45. The molecule has 0 spiro atoms. The molecule has 4 heteroatoms. The van der Waals surface area contributed by atoms with Crippen molar-refractivity contribution in [3.63, 3.8) is 0 Å². The Morgan fingerprint density at radius 3 is 2.75 bits per heavy atom. The predicted octanol–water partition coefficient (Wildman–Crippen LogP) is 1.87. The van der Waals surface area contributed by atoms with Crippen molar-refractivity contribution in [3.8, 4) is 5.88 Å². The highest BCUT2D eigenvalue weighted by Crippen LogP contribution is 2.09. The van der Waals surface area contributed by atoms with Gasteiger partial charge in [-0.15, -0.1) is 5.10 Å². The maximum atomic E-state index is 12.6. The van der Waals surface area contributed by atoms with Crippen LogP contribution in [0.3, 0.4) is 0 Å². The molecule has 3 nitrogen and oxygen atoms in total. The summed E-state index contributed by atoms with van der Waals surface area (Å²) in [6, 6.07) is 3.33. The molecule has 1 atom stereocenters. The highest BCUT2D eigenvalue weighted by atomic mass is 19.1. The van der Waals surface area contributed by atoms with E-state index in [0.717, 1.165) is 5.69 Å². The van der Waals surface area contributed by atoms with Crippen LogP contribution in [0.15, 0.2) is 12.1 Å². The number of aromatic nitrogens is 2. The Labute approximate surface area is 70.6 Å². The van der Waals surface area contributed by atoms with Crippen LogP contribution in [0, 0.1) is 6.92 Å². The van der Waals surface area contributed by atoms with Crippen molar-refractivity contribution in [2.24, 2.45) is 0 Å². The van der Waals surface area contributed by atoms with Crippen LogP contribution in [0.25, 0.3) is 0 Å². The number of alkyl halides is 1. The maximum Gasteiger partial charge on any atom is 0.240 e. The molecule has 1 aromatic rings. The summed E-state index contributed by atoms with van der Waals surface area (Å²) in [6.45, 7) is 3.51.